The molecule has 1 rings (SSSR count). The Morgan fingerprint density at radius 3 is 2.79 bits per heavy atom. The Hall–Kier alpha value is -1.23. The number of carbonyl (C=O) groups excluding carboxylic acids is 1. The van der Waals surface area contributed by atoms with Gasteiger partial charge in [0.2, 0.25) is 5.78 Å². The van der Waals surface area contributed by atoms with Crippen LogP contribution in [0, 0.1) is 0 Å². The van der Waals surface area contributed by atoms with Gasteiger partial charge < -0.3 is 5.11 Å². The maximum Gasteiger partial charge on any atom is 0.372 e. The fourth-order valence-electron chi connectivity index (χ4n) is 1.21. The summed E-state index contributed by atoms with van der Waals surface area (Å²) in [6, 6.07) is 0. The van der Waals surface area contributed by atoms with Gasteiger partial charge in [0.25, 0.3) is 0 Å². The summed E-state index contributed by atoms with van der Waals surface area (Å²) in [7, 11) is 0. The number of carbonyl (C=O) groups is 2. The van der Waals surface area contributed by atoms with E-state index in [2.05, 4.69) is 4.98 Å². The third-order valence-electron chi connectivity index (χ3n) is 1.85. The number of rotatable bonds is 5. The van der Waals surface area contributed by atoms with Crippen molar-refractivity contribution in [2.24, 2.45) is 0 Å². The molecule has 1 aromatic heterocycles. The number of aliphatic carboxylic acids is 1. The van der Waals surface area contributed by atoms with Crippen LogP contribution in [0.2, 0.25) is 0 Å². The van der Waals surface area contributed by atoms with Crippen LogP contribution in [0.5, 0.6) is 0 Å². The molecule has 4 nitrogen and oxygen atoms in total. The van der Waals surface area contributed by atoms with Crippen molar-refractivity contribution < 1.29 is 14.7 Å². The molecule has 0 radical (unpaired) electrons. The molecule has 0 saturated carbocycles. The first-order valence-corrected chi connectivity index (χ1v) is 5.21. The van der Waals surface area contributed by atoms with Gasteiger partial charge in [0.15, 0.2) is 0 Å². The number of carboxylic acids is 1. The number of ketones is 1. The summed E-state index contributed by atoms with van der Waals surface area (Å²) in [5, 5.41) is 10.9. The fourth-order valence-corrected chi connectivity index (χ4v) is 1.98. The SMILES string of the molecule is CCCC(C(=O)C(=O)O)c1nccs1. The largest absolute Gasteiger partial charge is 0.475 e. The van der Waals surface area contributed by atoms with Gasteiger partial charge in [0.05, 0.1) is 5.92 Å². The van der Waals surface area contributed by atoms with Crippen molar-refractivity contribution in [2.45, 2.75) is 25.7 Å². The number of thiazole rings is 1. The van der Waals surface area contributed by atoms with Gasteiger partial charge in [-0.15, -0.1) is 11.3 Å². The van der Waals surface area contributed by atoms with Gasteiger partial charge >= 0.3 is 5.97 Å². The molecule has 1 heterocycles. The lowest BCUT2D eigenvalue weighted by atomic mass is 9.99. The zero-order chi connectivity index (χ0) is 10.6. The molecular formula is C9H11NO3S. The highest BCUT2D eigenvalue weighted by atomic mass is 32.1. The summed E-state index contributed by atoms with van der Waals surface area (Å²) in [6.07, 6.45) is 2.89. The number of hydrogen-bond acceptors (Lipinski definition) is 4. The summed E-state index contributed by atoms with van der Waals surface area (Å²) in [4.78, 5) is 25.8. The zero-order valence-corrected chi connectivity index (χ0v) is 8.58. The average molecular weight is 213 g/mol. The molecule has 0 amide bonds. The molecule has 1 aromatic rings. The Balaban J connectivity index is 2.85. The molecule has 1 unspecified atom stereocenters. The van der Waals surface area contributed by atoms with Crippen LogP contribution in [0.25, 0.3) is 0 Å². The molecule has 0 spiro atoms. The van der Waals surface area contributed by atoms with Gasteiger partial charge in [-0.3, -0.25) is 4.79 Å². The van der Waals surface area contributed by atoms with Crippen molar-refractivity contribution in [1.82, 2.24) is 4.98 Å². The van der Waals surface area contributed by atoms with Crippen LogP contribution in [-0.2, 0) is 9.59 Å². The first-order valence-electron chi connectivity index (χ1n) is 4.33. The van der Waals surface area contributed by atoms with Crippen molar-refractivity contribution in [3.8, 4) is 0 Å². The Bertz CT molecular complexity index is 321. The van der Waals surface area contributed by atoms with Crippen molar-refractivity contribution in [2.75, 3.05) is 0 Å². The predicted molar refractivity (Wildman–Crippen MR) is 52.4 cm³/mol. The molecule has 0 aromatic carbocycles. The Labute approximate surface area is 85.6 Å². The van der Waals surface area contributed by atoms with E-state index < -0.39 is 17.7 Å². The normalized spacial score (nSPS) is 12.4. The predicted octanol–water partition coefficient (Wildman–Crippen LogP) is 1.68. The maximum atomic E-state index is 11.3. The van der Waals surface area contributed by atoms with Gasteiger partial charge in [-0.05, 0) is 6.42 Å². The van der Waals surface area contributed by atoms with Gasteiger partial charge in [0.1, 0.15) is 5.01 Å². The lowest BCUT2D eigenvalue weighted by Gasteiger charge is -2.08. The monoisotopic (exact) mass is 213 g/mol. The molecule has 1 atom stereocenters. The summed E-state index contributed by atoms with van der Waals surface area (Å²) < 4.78 is 0. The van der Waals surface area contributed by atoms with E-state index in [1.165, 1.54) is 11.3 Å². The number of aromatic nitrogens is 1. The van der Waals surface area contributed by atoms with Crippen LogP contribution in [0.3, 0.4) is 0 Å². The highest BCUT2D eigenvalue weighted by Gasteiger charge is 2.27. The average Bonchev–Trinajstić information content (AvgIpc) is 2.65. The van der Waals surface area contributed by atoms with Crippen molar-refractivity contribution >= 4 is 23.1 Å². The second-order valence-corrected chi connectivity index (χ2v) is 3.81. The fraction of sp³-hybridized carbons (Fsp3) is 0.444. The summed E-state index contributed by atoms with van der Waals surface area (Å²) in [6.45, 7) is 1.91. The molecular weight excluding hydrogens is 202 g/mol. The minimum absolute atomic E-state index is 0.540. The molecule has 5 heteroatoms. The van der Waals surface area contributed by atoms with Crippen LogP contribution < -0.4 is 0 Å². The van der Waals surface area contributed by atoms with Crippen molar-refractivity contribution in [3.63, 3.8) is 0 Å². The Morgan fingerprint density at radius 1 is 1.64 bits per heavy atom. The zero-order valence-electron chi connectivity index (χ0n) is 7.77. The Morgan fingerprint density at radius 2 is 2.36 bits per heavy atom. The van der Waals surface area contributed by atoms with Crippen LogP contribution in [0.1, 0.15) is 30.7 Å². The minimum Gasteiger partial charge on any atom is -0.475 e. The molecule has 76 valence electrons. The molecule has 14 heavy (non-hydrogen) atoms. The van der Waals surface area contributed by atoms with Crippen LogP contribution in [-0.4, -0.2) is 21.8 Å². The second-order valence-electron chi connectivity index (χ2n) is 2.88. The van der Waals surface area contributed by atoms with Crippen LogP contribution in [0.15, 0.2) is 11.6 Å². The molecule has 0 bridgehead atoms. The van der Waals surface area contributed by atoms with E-state index in [0.717, 1.165) is 6.42 Å². The lowest BCUT2D eigenvalue weighted by Crippen LogP contribution is -2.21. The molecule has 0 aliphatic carbocycles. The minimum atomic E-state index is -1.38. The van der Waals surface area contributed by atoms with E-state index in [-0.39, 0.29) is 0 Å². The highest BCUT2D eigenvalue weighted by molar-refractivity contribution is 7.09. The number of carboxylic acid groups (broad SMARTS) is 1. The molecule has 1 N–H and O–H groups in total. The third kappa shape index (κ3) is 2.38. The van der Waals surface area contributed by atoms with Crippen LogP contribution in [0.4, 0.5) is 0 Å². The smallest absolute Gasteiger partial charge is 0.372 e. The quantitative estimate of drug-likeness (QED) is 0.755. The topological polar surface area (TPSA) is 67.3 Å². The van der Waals surface area contributed by atoms with E-state index in [9.17, 15) is 9.59 Å². The number of Topliss-reactive ketones (excluding diaryl/α,β-unsaturated/α-hetero) is 1. The highest BCUT2D eigenvalue weighted by Crippen LogP contribution is 2.24. The van der Waals surface area contributed by atoms with Gasteiger partial charge in [-0.2, -0.15) is 0 Å². The van der Waals surface area contributed by atoms with E-state index >= 15 is 0 Å². The summed E-state index contributed by atoms with van der Waals surface area (Å²) >= 11 is 1.32. The molecule has 0 fully saturated rings. The lowest BCUT2D eigenvalue weighted by molar-refractivity contribution is -0.149. The summed E-state index contributed by atoms with van der Waals surface area (Å²) in [5.74, 6) is -2.71. The van der Waals surface area contributed by atoms with E-state index in [1.54, 1.807) is 11.6 Å². The molecule has 0 saturated heterocycles. The number of hydrogen-bond donors (Lipinski definition) is 1. The van der Waals surface area contributed by atoms with Crippen molar-refractivity contribution in [3.05, 3.63) is 16.6 Å². The Kier molecular flexibility index (Phi) is 3.76. The van der Waals surface area contributed by atoms with E-state index in [1.807, 2.05) is 6.92 Å². The number of nitrogens with zero attached hydrogens (tertiary/aromatic N) is 1. The van der Waals surface area contributed by atoms with Gasteiger partial charge in [0, 0.05) is 11.6 Å². The summed E-state index contributed by atoms with van der Waals surface area (Å²) in [5.41, 5.74) is 0. The second kappa shape index (κ2) is 4.85. The first kappa shape index (κ1) is 10.8. The van der Waals surface area contributed by atoms with Gasteiger partial charge in [-0.1, -0.05) is 13.3 Å². The molecule has 0 aliphatic heterocycles. The van der Waals surface area contributed by atoms with Gasteiger partial charge in [-0.25, -0.2) is 9.78 Å². The standard InChI is InChI=1S/C9H11NO3S/c1-2-3-6(7(11)9(12)13)8-10-4-5-14-8/h4-6H,2-3H2,1H3,(H,12,13). The molecule has 0 aliphatic rings. The van der Waals surface area contributed by atoms with Crippen molar-refractivity contribution in [1.29, 1.82) is 0 Å². The van der Waals surface area contributed by atoms with E-state index in [4.69, 9.17) is 5.11 Å². The third-order valence-corrected chi connectivity index (χ3v) is 2.74. The first-order chi connectivity index (χ1) is 6.66. The maximum absolute atomic E-state index is 11.3. The van der Waals surface area contributed by atoms with Crippen LogP contribution >= 0.6 is 11.3 Å². The van der Waals surface area contributed by atoms with E-state index in [0.29, 0.717) is 11.4 Å².